The van der Waals surface area contributed by atoms with Gasteiger partial charge >= 0.3 is 8.80 Å². The Morgan fingerprint density at radius 1 is 1.06 bits per heavy atom. The van der Waals surface area contributed by atoms with E-state index in [1.54, 1.807) is 12.5 Å². The molecule has 6 heteroatoms. The number of imidazole rings is 1. The van der Waals surface area contributed by atoms with Gasteiger partial charge in [-0.1, -0.05) is 0 Å². The minimum Gasteiger partial charge on any atom is -0.373 e. The van der Waals surface area contributed by atoms with Crippen molar-refractivity contribution in [1.82, 2.24) is 9.55 Å². The molecule has 92 valence electrons. The van der Waals surface area contributed by atoms with Crippen molar-refractivity contribution in [2.45, 2.75) is 26.9 Å². The lowest BCUT2D eigenvalue weighted by Gasteiger charge is -2.28. The van der Waals surface area contributed by atoms with Gasteiger partial charge in [-0.15, -0.1) is 0 Å². The lowest BCUT2D eigenvalue weighted by Crippen LogP contribution is -2.50. The van der Waals surface area contributed by atoms with E-state index in [-0.39, 0.29) is 0 Å². The Labute approximate surface area is 97.7 Å². The zero-order chi connectivity index (χ0) is 11.9. The first-order chi connectivity index (χ1) is 7.76. The van der Waals surface area contributed by atoms with Crippen LogP contribution in [0.5, 0.6) is 0 Å². The molecule has 0 spiro atoms. The van der Waals surface area contributed by atoms with E-state index in [9.17, 15) is 0 Å². The van der Waals surface area contributed by atoms with Crippen molar-refractivity contribution in [2.24, 2.45) is 0 Å². The van der Waals surface area contributed by atoms with Gasteiger partial charge in [-0.05, 0) is 20.8 Å². The molecule has 1 heterocycles. The average molecular weight is 244 g/mol. The Kier molecular flexibility index (Phi) is 5.68. The van der Waals surface area contributed by atoms with Gasteiger partial charge in [0.25, 0.3) is 0 Å². The van der Waals surface area contributed by atoms with Crippen LogP contribution in [0, 0.1) is 0 Å². The first-order valence-corrected chi connectivity index (χ1v) is 7.57. The first-order valence-electron chi connectivity index (χ1n) is 5.64. The summed E-state index contributed by atoms with van der Waals surface area (Å²) < 4.78 is 19.1. The monoisotopic (exact) mass is 244 g/mol. The van der Waals surface area contributed by atoms with Crippen LogP contribution in [0.3, 0.4) is 0 Å². The molecule has 16 heavy (non-hydrogen) atoms. The lowest BCUT2D eigenvalue weighted by molar-refractivity contribution is 0.0650. The highest BCUT2D eigenvalue weighted by molar-refractivity contribution is 6.59. The lowest BCUT2D eigenvalue weighted by atomic mass is 10.9. The quantitative estimate of drug-likeness (QED) is 0.650. The molecule has 1 aromatic rings. The second-order valence-corrected chi connectivity index (χ2v) is 5.77. The van der Waals surface area contributed by atoms with Crippen LogP contribution in [0.2, 0.25) is 0 Å². The van der Waals surface area contributed by atoms with Gasteiger partial charge in [0, 0.05) is 32.2 Å². The normalized spacial score (nSPS) is 11.9. The van der Waals surface area contributed by atoms with E-state index >= 15 is 0 Å². The molecule has 0 aliphatic carbocycles. The molecule has 0 N–H and O–H groups in total. The zero-order valence-electron chi connectivity index (χ0n) is 10.2. The molecule has 0 radical (unpaired) electrons. The van der Waals surface area contributed by atoms with Gasteiger partial charge in [-0.3, -0.25) is 0 Å². The van der Waals surface area contributed by atoms with Crippen molar-refractivity contribution < 1.29 is 13.3 Å². The third kappa shape index (κ3) is 3.71. The Morgan fingerprint density at radius 2 is 1.62 bits per heavy atom. The van der Waals surface area contributed by atoms with Gasteiger partial charge in [-0.25, -0.2) is 4.98 Å². The van der Waals surface area contributed by atoms with Crippen LogP contribution in [0.4, 0.5) is 0 Å². The van der Waals surface area contributed by atoms with Crippen LogP contribution in [0.1, 0.15) is 20.8 Å². The maximum atomic E-state index is 5.73. The number of rotatable bonds is 8. The number of nitrogens with zero attached hydrogens (tertiary/aromatic N) is 2. The van der Waals surface area contributed by atoms with Gasteiger partial charge in [0.05, 0.1) is 12.5 Å². The summed E-state index contributed by atoms with van der Waals surface area (Å²) in [7, 11) is -2.58. The molecule has 0 atom stereocenters. The standard InChI is InChI=1S/C10H20N2O3Si/c1-4-13-16(14-5-2,15-6-3)10-12-8-7-11-9-12/h7-9H,4-6,10H2,1-3H3. The maximum Gasteiger partial charge on any atom is 0.521 e. The number of hydrogen-bond donors (Lipinski definition) is 0. The van der Waals surface area contributed by atoms with Crippen LogP contribution in [-0.2, 0) is 19.4 Å². The van der Waals surface area contributed by atoms with E-state index < -0.39 is 8.80 Å². The summed E-state index contributed by atoms with van der Waals surface area (Å²) in [6.45, 7) is 7.65. The average Bonchev–Trinajstić information content (AvgIpc) is 2.71. The van der Waals surface area contributed by atoms with E-state index in [0.29, 0.717) is 26.0 Å². The Bertz CT molecular complexity index is 263. The number of aromatic nitrogens is 2. The van der Waals surface area contributed by atoms with Gasteiger partial charge in [-0.2, -0.15) is 0 Å². The molecule has 0 amide bonds. The predicted octanol–water partition coefficient (Wildman–Crippen LogP) is 1.47. The van der Waals surface area contributed by atoms with Gasteiger partial charge in [0.15, 0.2) is 0 Å². The van der Waals surface area contributed by atoms with E-state index in [1.165, 1.54) is 0 Å². The summed E-state index contributed by atoms with van der Waals surface area (Å²) in [5.41, 5.74) is 0. The van der Waals surface area contributed by atoms with Crippen LogP contribution in [-0.4, -0.2) is 38.2 Å². The Morgan fingerprint density at radius 3 is 2.00 bits per heavy atom. The summed E-state index contributed by atoms with van der Waals surface area (Å²) >= 11 is 0. The summed E-state index contributed by atoms with van der Waals surface area (Å²) in [5, 5.41) is 0. The molecule has 1 aromatic heterocycles. The van der Waals surface area contributed by atoms with Gasteiger partial charge in [0.2, 0.25) is 0 Å². The van der Waals surface area contributed by atoms with Gasteiger partial charge in [0.1, 0.15) is 0 Å². The van der Waals surface area contributed by atoms with Crippen molar-refractivity contribution in [2.75, 3.05) is 19.8 Å². The summed E-state index contributed by atoms with van der Waals surface area (Å²) in [5.74, 6) is 0. The molecule has 0 aromatic carbocycles. The third-order valence-electron chi connectivity index (χ3n) is 2.03. The van der Waals surface area contributed by atoms with Crippen LogP contribution < -0.4 is 0 Å². The molecule has 0 saturated heterocycles. The Balaban J connectivity index is 2.73. The molecule has 5 nitrogen and oxygen atoms in total. The van der Waals surface area contributed by atoms with Crippen LogP contribution >= 0.6 is 0 Å². The molecular weight excluding hydrogens is 224 g/mol. The van der Waals surface area contributed by atoms with Crippen molar-refractivity contribution in [3.05, 3.63) is 18.7 Å². The smallest absolute Gasteiger partial charge is 0.373 e. The fourth-order valence-electron chi connectivity index (χ4n) is 1.53. The topological polar surface area (TPSA) is 45.5 Å². The summed E-state index contributed by atoms with van der Waals surface area (Å²) in [6.07, 6.45) is 5.99. The van der Waals surface area contributed by atoms with Crippen molar-refractivity contribution >= 4 is 8.80 Å². The summed E-state index contributed by atoms with van der Waals surface area (Å²) in [4.78, 5) is 4.01. The predicted molar refractivity (Wildman–Crippen MR) is 62.9 cm³/mol. The minimum atomic E-state index is -2.58. The molecule has 0 saturated carbocycles. The third-order valence-corrected chi connectivity index (χ3v) is 4.97. The van der Waals surface area contributed by atoms with E-state index in [4.69, 9.17) is 13.3 Å². The molecule has 0 bridgehead atoms. The highest BCUT2D eigenvalue weighted by Gasteiger charge is 2.41. The fourth-order valence-corrected chi connectivity index (χ4v) is 4.00. The molecule has 0 fully saturated rings. The van der Waals surface area contributed by atoms with Crippen molar-refractivity contribution in [1.29, 1.82) is 0 Å². The maximum absolute atomic E-state index is 5.73. The number of hydrogen-bond acceptors (Lipinski definition) is 4. The summed E-state index contributed by atoms with van der Waals surface area (Å²) in [6, 6.07) is 0. The van der Waals surface area contributed by atoms with Crippen LogP contribution in [0.25, 0.3) is 0 Å². The van der Waals surface area contributed by atoms with Gasteiger partial charge < -0.3 is 17.8 Å². The fraction of sp³-hybridized carbons (Fsp3) is 0.700. The van der Waals surface area contributed by atoms with Crippen LogP contribution in [0.15, 0.2) is 18.7 Å². The first kappa shape index (κ1) is 13.4. The Hall–Kier alpha value is -0.693. The highest BCUT2D eigenvalue weighted by Crippen LogP contribution is 2.12. The molecular formula is C10H20N2O3Si. The second-order valence-electron chi connectivity index (χ2n) is 3.22. The van der Waals surface area contributed by atoms with Crippen molar-refractivity contribution in [3.63, 3.8) is 0 Å². The van der Waals surface area contributed by atoms with E-state index in [2.05, 4.69) is 4.98 Å². The molecule has 0 aliphatic rings. The SMILES string of the molecule is CCO[Si](Cn1ccnc1)(OCC)OCC. The molecule has 0 aliphatic heterocycles. The second kappa shape index (κ2) is 6.80. The van der Waals surface area contributed by atoms with E-state index in [0.717, 1.165) is 0 Å². The zero-order valence-corrected chi connectivity index (χ0v) is 11.2. The minimum absolute atomic E-state index is 0.598. The van der Waals surface area contributed by atoms with Crippen molar-refractivity contribution in [3.8, 4) is 0 Å². The molecule has 1 rings (SSSR count). The largest absolute Gasteiger partial charge is 0.521 e. The molecule has 0 unspecified atom stereocenters. The van der Waals surface area contributed by atoms with E-state index in [1.807, 2.05) is 31.5 Å². The highest BCUT2D eigenvalue weighted by atomic mass is 28.4.